The van der Waals surface area contributed by atoms with Crippen LogP contribution < -0.4 is 20.6 Å². The standard InChI is InChI=1S/C16H12N2O4S/c19-23(20,15-9-11-5-1-3-7-13(11)21-17-15)16-10-12-6-2-4-8-14(12)22-18-16/h1-10,17-18H. The van der Waals surface area contributed by atoms with Crippen LogP contribution in [0.2, 0.25) is 0 Å². The van der Waals surface area contributed by atoms with Gasteiger partial charge in [-0.15, -0.1) is 0 Å². The summed E-state index contributed by atoms with van der Waals surface area (Å²) in [6.45, 7) is 0. The molecule has 2 heterocycles. The van der Waals surface area contributed by atoms with E-state index in [0.717, 1.165) is 0 Å². The molecule has 2 aliphatic heterocycles. The third-order valence-electron chi connectivity index (χ3n) is 3.51. The fraction of sp³-hybridized carbons (Fsp3) is 0. The number of hydroxylamine groups is 2. The van der Waals surface area contributed by atoms with Crippen molar-refractivity contribution in [3.63, 3.8) is 0 Å². The highest BCUT2D eigenvalue weighted by Gasteiger charge is 2.29. The number of nitrogens with one attached hydrogen (secondary N) is 2. The molecule has 0 saturated carbocycles. The number of fused-ring (bicyclic) bond motifs is 2. The van der Waals surface area contributed by atoms with Crippen molar-refractivity contribution in [3.8, 4) is 11.5 Å². The SMILES string of the molecule is O=S(=O)(C1=Cc2ccccc2ON1)C1=Cc2ccccc2ON1. The summed E-state index contributed by atoms with van der Waals surface area (Å²) < 4.78 is 25.5. The first-order valence-electron chi connectivity index (χ1n) is 6.87. The molecule has 2 aliphatic rings. The fourth-order valence-corrected chi connectivity index (χ4v) is 3.42. The Morgan fingerprint density at radius 2 is 1.13 bits per heavy atom. The molecule has 2 aromatic carbocycles. The monoisotopic (exact) mass is 328 g/mol. The molecule has 0 bridgehead atoms. The van der Waals surface area contributed by atoms with Gasteiger partial charge in [0.15, 0.2) is 21.6 Å². The smallest absolute Gasteiger partial charge is 0.242 e. The van der Waals surface area contributed by atoms with E-state index in [1.807, 2.05) is 24.3 Å². The number of hydrogen-bond donors (Lipinski definition) is 2. The zero-order valence-corrected chi connectivity index (χ0v) is 12.6. The summed E-state index contributed by atoms with van der Waals surface area (Å²) in [4.78, 5) is 10.6. The Balaban J connectivity index is 1.75. The molecule has 0 unspecified atom stereocenters. The topological polar surface area (TPSA) is 76.7 Å². The Morgan fingerprint density at radius 3 is 1.61 bits per heavy atom. The van der Waals surface area contributed by atoms with Gasteiger partial charge in [-0.3, -0.25) is 0 Å². The third kappa shape index (κ3) is 2.31. The lowest BCUT2D eigenvalue weighted by molar-refractivity contribution is 0.228. The van der Waals surface area contributed by atoms with Gasteiger partial charge in [-0.05, 0) is 24.3 Å². The summed E-state index contributed by atoms with van der Waals surface area (Å²) in [5.74, 6) is 1.14. The first kappa shape index (κ1) is 13.7. The highest BCUT2D eigenvalue weighted by molar-refractivity contribution is 7.99. The van der Waals surface area contributed by atoms with E-state index in [0.29, 0.717) is 22.6 Å². The molecule has 0 fully saturated rings. The highest BCUT2D eigenvalue weighted by Crippen LogP contribution is 2.30. The summed E-state index contributed by atoms with van der Waals surface area (Å²) in [6, 6.07) is 14.3. The van der Waals surface area contributed by atoms with Crippen LogP contribution in [-0.2, 0) is 9.84 Å². The van der Waals surface area contributed by atoms with E-state index >= 15 is 0 Å². The molecule has 0 amide bonds. The summed E-state index contributed by atoms with van der Waals surface area (Å²) >= 11 is 0. The van der Waals surface area contributed by atoms with Gasteiger partial charge >= 0.3 is 0 Å². The average Bonchev–Trinajstić information content (AvgIpc) is 2.61. The van der Waals surface area contributed by atoms with Crippen LogP contribution in [0.4, 0.5) is 0 Å². The van der Waals surface area contributed by atoms with E-state index in [1.165, 1.54) is 12.2 Å². The highest BCUT2D eigenvalue weighted by atomic mass is 32.2. The van der Waals surface area contributed by atoms with Crippen LogP contribution >= 0.6 is 0 Å². The average molecular weight is 328 g/mol. The van der Waals surface area contributed by atoms with Gasteiger partial charge in [-0.25, -0.2) is 19.4 Å². The van der Waals surface area contributed by atoms with Gasteiger partial charge in [0.1, 0.15) is 0 Å². The molecule has 0 spiro atoms. The number of para-hydroxylation sites is 2. The van der Waals surface area contributed by atoms with Crippen molar-refractivity contribution in [2.75, 3.05) is 0 Å². The van der Waals surface area contributed by atoms with Crippen molar-refractivity contribution in [1.82, 2.24) is 11.0 Å². The second kappa shape index (κ2) is 5.06. The molecular weight excluding hydrogens is 316 g/mol. The van der Waals surface area contributed by atoms with E-state index in [9.17, 15) is 8.42 Å². The second-order valence-corrected chi connectivity index (χ2v) is 6.89. The number of hydrogen-bond acceptors (Lipinski definition) is 6. The van der Waals surface area contributed by atoms with E-state index in [4.69, 9.17) is 9.68 Å². The first-order chi connectivity index (χ1) is 11.1. The molecule has 0 aromatic heterocycles. The molecule has 6 nitrogen and oxygen atoms in total. The van der Waals surface area contributed by atoms with Crippen molar-refractivity contribution in [1.29, 1.82) is 0 Å². The third-order valence-corrected chi connectivity index (χ3v) is 5.07. The van der Waals surface area contributed by atoms with Crippen LogP contribution in [0, 0.1) is 0 Å². The van der Waals surface area contributed by atoms with Crippen molar-refractivity contribution in [2.45, 2.75) is 0 Å². The minimum atomic E-state index is -3.82. The molecule has 116 valence electrons. The Kier molecular flexibility index (Phi) is 3.02. The van der Waals surface area contributed by atoms with E-state index in [2.05, 4.69) is 11.0 Å². The van der Waals surface area contributed by atoms with Gasteiger partial charge in [0.05, 0.1) is 0 Å². The number of benzene rings is 2. The predicted octanol–water partition coefficient (Wildman–Crippen LogP) is 2.19. The molecule has 2 N–H and O–H groups in total. The van der Waals surface area contributed by atoms with Crippen LogP contribution in [-0.4, -0.2) is 8.42 Å². The zero-order valence-electron chi connectivity index (χ0n) is 11.8. The predicted molar refractivity (Wildman–Crippen MR) is 85.3 cm³/mol. The maximum atomic E-state index is 12.7. The summed E-state index contributed by atoms with van der Waals surface area (Å²) in [5, 5.41) is -0.115. The molecule has 0 radical (unpaired) electrons. The van der Waals surface area contributed by atoms with Crippen molar-refractivity contribution >= 4 is 22.0 Å². The molecule has 7 heteroatoms. The largest absolute Gasteiger partial charge is 0.381 e. The molecular formula is C16H12N2O4S. The quantitative estimate of drug-likeness (QED) is 0.880. The molecule has 23 heavy (non-hydrogen) atoms. The van der Waals surface area contributed by atoms with Gasteiger partial charge in [-0.1, -0.05) is 36.4 Å². The summed E-state index contributed by atoms with van der Waals surface area (Å²) in [7, 11) is -3.82. The summed E-state index contributed by atoms with van der Waals surface area (Å²) in [5.41, 5.74) is 6.31. The van der Waals surface area contributed by atoms with Crippen LogP contribution in [0.5, 0.6) is 11.5 Å². The maximum absolute atomic E-state index is 12.7. The zero-order chi connectivity index (χ0) is 15.9. The van der Waals surface area contributed by atoms with Gasteiger partial charge in [-0.2, -0.15) is 0 Å². The van der Waals surface area contributed by atoms with Crippen molar-refractivity contribution in [2.24, 2.45) is 0 Å². The van der Waals surface area contributed by atoms with E-state index in [1.54, 1.807) is 24.3 Å². The van der Waals surface area contributed by atoms with Crippen molar-refractivity contribution < 1.29 is 18.1 Å². The first-order valence-corrected chi connectivity index (χ1v) is 8.35. The van der Waals surface area contributed by atoms with E-state index in [-0.39, 0.29) is 10.1 Å². The van der Waals surface area contributed by atoms with Crippen LogP contribution in [0.15, 0.2) is 58.6 Å². The Bertz CT molecular complexity index is 877. The normalized spacial score (nSPS) is 15.5. The lowest BCUT2D eigenvalue weighted by Gasteiger charge is -2.22. The molecule has 0 atom stereocenters. The molecule has 2 aromatic rings. The lowest BCUT2D eigenvalue weighted by Crippen LogP contribution is -2.33. The Hall–Kier alpha value is -2.93. The van der Waals surface area contributed by atoms with Gasteiger partial charge in [0.2, 0.25) is 9.84 Å². The lowest BCUT2D eigenvalue weighted by atomic mass is 10.2. The van der Waals surface area contributed by atoms with Gasteiger partial charge < -0.3 is 9.68 Å². The number of rotatable bonds is 2. The van der Waals surface area contributed by atoms with Crippen molar-refractivity contribution in [3.05, 3.63) is 69.7 Å². The van der Waals surface area contributed by atoms with Crippen LogP contribution in [0.25, 0.3) is 12.2 Å². The fourth-order valence-electron chi connectivity index (χ4n) is 2.32. The summed E-state index contributed by atoms with van der Waals surface area (Å²) in [6.07, 6.45) is 3.05. The van der Waals surface area contributed by atoms with Gasteiger partial charge in [0, 0.05) is 11.1 Å². The molecule has 0 aliphatic carbocycles. The molecule has 0 saturated heterocycles. The number of sulfone groups is 1. The minimum absolute atomic E-state index is 0.0575. The maximum Gasteiger partial charge on any atom is 0.242 e. The Morgan fingerprint density at radius 1 is 0.696 bits per heavy atom. The van der Waals surface area contributed by atoms with Crippen LogP contribution in [0.1, 0.15) is 11.1 Å². The van der Waals surface area contributed by atoms with E-state index < -0.39 is 9.84 Å². The molecule has 4 rings (SSSR count). The minimum Gasteiger partial charge on any atom is -0.381 e. The Labute approximate surface area is 132 Å². The second-order valence-electron chi connectivity index (χ2n) is 5.00. The van der Waals surface area contributed by atoms with Gasteiger partial charge in [0.25, 0.3) is 0 Å². The van der Waals surface area contributed by atoms with Crippen LogP contribution in [0.3, 0.4) is 0 Å².